The lowest BCUT2D eigenvalue weighted by Crippen LogP contribution is -2.20. The van der Waals surface area contributed by atoms with Crippen LogP contribution in [0.25, 0.3) is 0 Å². The molecule has 1 unspecified atom stereocenters. The molecule has 0 aliphatic carbocycles. The van der Waals surface area contributed by atoms with Crippen molar-refractivity contribution in [1.29, 1.82) is 5.26 Å². The van der Waals surface area contributed by atoms with Gasteiger partial charge in [-0.2, -0.15) is 5.26 Å². The van der Waals surface area contributed by atoms with Crippen molar-refractivity contribution in [3.05, 3.63) is 34.9 Å². The largest absolute Gasteiger partial charge is 0.294 e. The maximum Gasteiger partial charge on any atom is 0.167 e. The topological polar surface area (TPSA) is 40.9 Å². The number of benzene rings is 1. The van der Waals surface area contributed by atoms with Crippen LogP contribution in [0.2, 0.25) is 5.02 Å². The Morgan fingerprint density at radius 1 is 1.38 bits per heavy atom. The molecule has 0 spiro atoms. The van der Waals surface area contributed by atoms with Crippen LogP contribution in [-0.2, 0) is 0 Å². The van der Waals surface area contributed by atoms with Crippen molar-refractivity contribution in [3.8, 4) is 6.07 Å². The third-order valence-electron chi connectivity index (χ3n) is 2.58. The number of ketones is 1. The van der Waals surface area contributed by atoms with Gasteiger partial charge < -0.3 is 0 Å². The zero-order chi connectivity index (χ0) is 12.1. The molecule has 0 aliphatic rings. The number of nitriles is 1. The van der Waals surface area contributed by atoms with E-state index in [0.29, 0.717) is 10.6 Å². The van der Waals surface area contributed by atoms with Crippen molar-refractivity contribution in [3.63, 3.8) is 0 Å². The molecule has 0 aliphatic heterocycles. The summed E-state index contributed by atoms with van der Waals surface area (Å²) in [5.41, 5.74) is 0.623. The van der Waals surface area contributed by atoms with Gasteiger partial charge in [0.1, 0.15) is 0 Å². The lowest BCUT2D eigenvalue weighted by Gasteiger charge is -2.16. The summed E-state index contributed by atoms with van der Waals surface area (Å²) in [6, 6.07) is 8.86. The van der Waals surface area contributed by atoms with Gasteiger partial charge in [-0.1, -0.05) is 25.4 Å². The average Bonchev–Trinajstić information content (AvgIpc) is 2.25. The Balaban J connectivity index is 2.91. The molecule has 1 aromatic carbocycles. The predicted octanol–water partition coefficient (Wildman–Crippen LogP) is 3.71. The van der Waals surface area contributed by atoms with Gasteiger partial charge in [0.25, 0.3) is 0 Å². The molecule has 84 valence electrons. The maximum atomic E-state index is 12.1. The summed E-state index contributed by atoms with van der Waals surface area (Å²) in [5, 5.41) is 9.31. The zero-order valence-electron chi connectivity index (χ0n) is 9.40. The van der Waals surface area contributed by atoms with Crippen LogP contribution >= 0.6 is 11.6 Å². The van der Waals surface area contributed by atoms with Crippen LogP contribution in [0.3, 0.4) is 0 Å². The molecule has 0 fully saturated rings. The fourth-order valence-corrected chi connectivity index (χ4v) is 1.68. The quantitative estimate of drug-likeness (QED) is 0.747. The van der Waals surface area contributed by atoms with Gasteiger partial charge >= 0.3 is 0 Å². The van der Waals surface area contributed by atoms with Crippen molar-refractivity contribution in [2.45, 2.75) is 20.3 Å². The first-order chi connectivity index (χ1) is 7.56. The Hall–Kier alpha value is -1.33. The molecule has 1 rings (SSSR count). The van der Waals surface area contributed by atoms with Crippen LogP contribution in [-0.4, -0.2) is 5.78 Å². The van der Waals surface area contributed by atoms with Gasteiger partial charge in [-0.05, 0) is 30.2 Å². The van der Waals surface area contributed by atoms with Gasteiger partial charge in [0.05, 0.1) is 6.07 Å². The van der Waals surface area contributed by atoms with Crippen molar-refractivity contribution < 1.29 is 4.79 Å². The SMILES string of the molecule is CC(C)C(CC#N)C(=O)c1ccc(Cl)cc1. The standard InChI is InChI=1S/C13H14ClNO/c1-9(2)12(7-8-15)13(16)10-3-5-11(14)6-4-10/h3-6,9,12H,7H2,1-2H3. The van der Waals surface area contributed by atoms with E-state index in [1.165, 1.54) is 0 Å². The number of hydrogen-bond donors (Lipinski definition) is 0. The molecule has 0 saturated heterocycles. The van der Waals surface area contributed by atoms with Gasteiger partial charge in [0.2, 0.25) is 0 Å². The molecule has 0 N–H and O–H groups in total. The van der Waals surface area contributed by atoms with Gasteiger partial charge in [-0.25, -0.2) is 0 Å². The average molecular weight is 236 g/mol. The molecule has 0 aromatic heterocycles. The normalized spacial score (nSPS) is 12.2. The van der Waals surface area contributed by atoms with E-state index in [0.717, 1.165) is 0 Å². The third-order valence-corrected chi connectivity index (χ3v) is 2.83. The van der Waals surface area contributed by atoms with Crippen molar-refractivity contribution in [2.75, 3.05) is 0 Å². The second-order valence-corrected chi connectivity index (χ2v) is 4.52. The number of carbonyl (C=O) groups excluding carboxylic acids is 1. The van der Waals surface area contributed by atoms with Crippen molar-refractivity contribution in [1.82, 2.24) is 0 Å². The maximum absolute atomic E-state index is 12.1. The Morgan fingerprint density at radius 3 is 2.38 bits per heavy atom. The van der Waals surface area contributed by atoms with Crippen LogP contribution in [0.5, 0.6) is 0 Å². The predicted molar refractivity (Wildman–Crippen MR) is 64.3 cm³/mol. The molecule has 16 heavy (non-hydrogen) atoms. The van der Waals surface area contributed by atoms with Crippen molar-refractivity contribution in [2.24, 2.45) is 11.8 Å². The Morgan fingerprint density at radius 2 is 1.94 bits per heavy atom. The second-order valence-electron chi connectivity index (χ2n) is 4.08. The second kappa shape index (κ2) is 5.67. The van der Waals surface area contributed by atoms with E-state index in [4.69, 9.17) is 16.9 Å². The minimum absolute atomic E-state index is 0.0215. The summed E-state index contributed by atoms with van der Waals surface area (Å²) in [6.07, 6.45) is 0.263. The number of carbonyl (C=O) groups is 1. The summed E-state index contributed by atoms with van der Waals surface area (Å²) >= 11 is 5.76. The fraction of sp³-hybridized carbons (Fsp3) is 0.385. The minimum Gasteiger partial charge on any atom is -0.294 e. The molecule has 0 amide bonds. The first-order valence-corrected chi connectivity index (χ1v) is 5.60. The van der Waals surface area contributed by atoms with Crippen LogP contribution in [0, 0.1) is 23.2 Å². The van der Waals surface area contributed by atoms with E-state index in [2.05, 4.69) is 6.07 Å². The van der Waals surface area contributed by atoms with E-state index in [1.54, 1.807) is 24.3 Å². The lowest BCUT2D eigenvalue weighted by atomic mass is 9.86. The first-order valence-electron chi connectivity index (χ1n) is 5.23. The molecule has 1 atom stereocenters. The minimum atomic E-state index is -0.230. The fourth-order valence-electron chi connectivity index (χ4n) is 1.56. The monoisotopic (exact) mass is 235 g/mol. The van der Waals surface area contributed by atoms with Crippen LogP contribution < -0.4 is 0 Å². The highest BCUT2D eigenvalue weighted by atomic mass is 35.5. The third kappa shape index (κ3) is 3.08. The zero-order valence-corrected chi connectivity index (χ0v) is 10.2. The Kier molecular flexibility index (Phi) is 4.52. The molecular weight excluding hydrogens is 222 g/mol. The number of halogens is 1. The number of Topliss-reactive ketones (excluding diaryl/α,β-unsaturated/α-hetero) is 1. The molecular formula is C13H14ClNO. The van der Waals surface area contributed by atoms with Crippen LogP contribution in [0.1, 0.15) is 30.6 Å². The van der Waals surface area contributed by atoms with Gasteiger partial charge in [-0.15, -0.1) is 0 Å². The van der Waals surface area contributed by atoms with Crippen LogP contribution in [0.15, 0.2) is 24.3 Å². The molecule has 0 heterocycles. The molecule has 2 nitrogen and oxygen atoms in total. The van der Waals surface area contributed by atoms with Crippen LogP contribution in [0.4, 0.5) is 0 Å². The highest BCUT2D eigenvalue weighted by molar-refractivity contribution is 6.30. The molecule has 3 heteroatoms. The summed E-state index contributed by atoms with van der Waals surface area (Å²) < 4.78 is 0. The summed E-state index contributed by atoms with van der Waals surface area (Å²) in [5.74, 6) is -0.0396. The Labute approximate surface area is 101 Å². The van der Waals surface area contributed by atoms with E-state index in [-0.39, 0.29) is 24.0 Å². The first kappa shape index (κ1) is 12.7. The highest BCUT2D eigenvalue weighted by Crippen LogP contribution is 2.21. The summed E-state index contributed by atoms with van der Waals surface area (Å²) in [6.45, 7) is 3.91. The van der Waals surface area contributed by atoms with E-state index in [1.807, 2.05) is 13.8 Å². The van der Waals surface area contributed by atoms with E-state index < -0.39 is 0 Å². The number of nitrogens with zero attached hydrogens (tertiary/aromatic N) is 1. The van der Waals surface area contributed by atoms with E-state index in [9.17, 15) is 4.79 Å². The summed E-state index contributed by atoms with van der Waals surface area (Å²) in [4.78, 5) is 12.1. The molecule has 1 aromatic rings. The molecule has 0 saturated carbocycles. The lowest BCUT2D eigenvalue weighted by molar-refractivity contribution is 0.0888. The number of rotatable bonds is 4. The highest BCUT2D eigenvalue weighted by Gasteiger charge is 2.22. The Bertz CT molecular complexity index is 403. The number of hydrogen-bond acceptors (Lipinski definition) is 2. The van der Waals surface area contributed by atoms with Gasteiger partial charge in [0.15, 0.2) is 5.78 Å². The van der Waals surface area contributed by atoms with E-state index >= 15 is 0 Å². The van der Waals surface area contributed by atoms with Crippen molar-refractivity contribution >= 4 is 17.4 Å². The van der Waals surface area contributed by atoms with Gasteiger partial charge in [-0.3, -0.25) is 4.79 Å². The van der Waals surface area contributed by atoms with Gasteiger partial charge in [0, 0.05) is 22.9 Å². The smallest absolute Gasteiger partial charge is 0.167 e. The molecule has 0 bridgehead atoms. The summed E-state index contributed by atoms with van der Waals surface area (Å²) in [7, 11) is 0. The molecule has 0 radical (unpaired) electrons.